The normalized spacial score (nSPS) is 13.3. The van der Waals surface area contributed by atoms with Gasteiger partial charge < -0.3 is 10.6 Å². The molecule has 0 aliphatic heterocycles. The highest BCUT2D eigenvalue weighted by atomic mass is 15.1. The molecule has 3 nitrogen and oxygen atoms in total. The quantitative estimate of drug-likeness (QED) is 0.735. The molecule has 0 saturated carbocycles. The van der Waals surface area contributed by atoms with E-state index in [1.54, 1.807) is 13.3 Å². The van der Waals surface area contributed by atoms with E-state index in [4.69, 9.17) is 0 Å². The second kappa shape index (κ2) is 8.14. The molecule has 0 bridgehead atoms. The fraction of sp³-hybridized carbons (Fsp3) is 0.312. The Bertz CT molecular complexity index is 446. The maximum Gasteiger partial charge on any atom is 0.0962 e. The highest BCUT2D eigenvalue weighted by Gasteiger charge is 2.08. The Hall–Kier alpha value is -2.03. The van der Waals surface area contributed by atoms with Crippen LogP contribution in [0.5, 0.6) is 0 Å². The van der Waals surface area contributed by atoms with E-state index in [0.29, 0.717) is 0 Å². The molecule has 0 heterocycles. The minimum Gasteiger partial charge on any atom is -0.365 e. The molecule has 0 spiro atoms. The van der Waals surface area contributed by atoms with Crippen LogP contribution in [0.3, 0.4) is 0 Å². The average Bonchev–Trinajstić information content (AvgIpc) is 2.45. The van der Waals surface area contributed by atoms with Gasteiger partial charge >= 0.3 is 0 Å². The fourth-order valence-corrected chi connectivity index (χ4v) is 1.85. The van der Waals surface area contributed by atoms with E-state index in [9.17, 15) is 0 Å². The minimum absolute atomic E-state index is 0.262. The van der Waals surface area contributed by atoms with Gasteiger partial charge in [-0.05, 0) is 18.9 Å². The molecule has 3 heteroatoms. The topological polar surface area (TPSA) is 36.4 Å². The van der Waals surface area contributed by atoms with Crippen LogP contribution >= 0.6 is 0 Å². The van der Waals surface area contributed by atoms with E-state index in [1.165, 1.54) is 5.56 Å². The number of nitrogens with one attached hydrogen (secondary N) is 2. The molecule has 0 radical (unpaired) electrons. The summed E-state index contributed by atoms with van der Waals surface area (Å²) >= 11 is 0. The molecule has 1 atom stereocenters. The van der Waals surface area contributed by atoms with Crippen LogP contribution in [0.2, 0.25) is 0 Å². The Balaban J connectivity index is 2.64. The predicted octanol–water partition coefficient (Wildman–Crippen LogP) is 3.39. The van der Waals surface area contributed by atoms with Crippen LogP contribution in [0.1, 0.15) is 31.9 Å². The van der Waals surface area contributed by atoms with Gasteiger partial charge in [-0.3, -0.25) is 4.99 Å². The number of hydrogen-bond donors (Lipinski definition) is 2. The van der Waals surface area contributed by atoms with Crippen molar-refractivity contribution in [2.45, 2.75) is 26.3 Å². The van der Waals surface area contributed by atoms with E-state index < -0.39 is 0 Å². The van der Waals surface area contributed by atoms with Crippen LogP contribution in [0.25, 0.3) is 0 Å². The smallest absolute Gasteiger partial charge is 0.0962 e. The summed E-state index contributed by atoms with van der Waals surface area (Å²) in [6, 6.07) is 10.6. The summed E-state index contributed by atoms with van der Waals surface area (Å²) in [7, 11) is 1.75. The van der Waals surface area contributed by atoms with Gasteiger partial charge in [-0.1, -0.05) is 49.9 Å². The first kappa shape index (κ1) is 15.0. The fourth-order valence-electron chi connectivity index (χ4n) is 1.85. The largest absolute Gasteiger partial charge is 0.365 e. The standard InChI is InChI=1S/C16H23N3/c1-5-15(12-17-4)18-13(3)19-16(6-2)14-10-8-7-9-11-14/h5,7-12,16,18-19H,3,6H2,1-2,4H3/b15-5+,17-12?. The zero-order chi connectivity index (χ0) is 14.1. The number of rotatable bonds is 7. The van der Waals surface area contributed by atoms with Crippen molar-refractivity contribution in [3.05, 3.63) is 60.1 Å². The van der Waals surface area contributed by atoms with Gasteiger partial charge in [0.1, 0.15) is 0 Å². The first-order chi connectivity index (χ1) is 9.21. The highest BCUT2D eigenvalue weighted by molar-refractivity contribution is 5.77. The molecule has 0 saturated heterocycles. The summed E-state index contributed by atoms with van der Waals surface area (Å²) < 4.78 is 0. The van der Waals surface area contributed by atoms with Crippen LogP contribution in [0, 0.1) is 0 Å². The van der Waals surface area contributed by atoms with Gasteiger partial charge in [0.25, 0.3) is 0 Å². The van der Waals surface area contributed by atoms with Gasteiger partial charge in [-0.25, -0.2) is 0 Å². The van der Waals surface area contributed by atoms with Gasteiger partial charge in [0.05, 0.1) is 17.6 Å². The Morgan fingerprint density at radius 3 is 2.58 bits per heavy atom. The van der Waals surface area contributed by atoms with Crippen molar-refractivity contribution >= 4 is 6.21 Å². The summed E-state index contributed by atoms with van der Waals surface area (Å²) in [6.45, 7) is 8.13. The molecule has 0 aliphatic carbocycles. The van der Waals surface area contributed by atoms with Crippen molar-refractivity contribution in [1.82, 2.24) is 10.6 Å². The van der Waals surface area contributed by atoms with Gasteiger partial charge in [0.15, 0.2) is 0 Å². The van der Waals surface area contributed by atoms with Crippen molar-refractivity contribution in [2.75, 3.05) is 7.05 Å². The Kier molecular flexibility index (Phi) is 6.44. The average molecular weight is 257 g/mol. The molecular formula is C16H23N3. The van der Waals surface area contributed by atoms with Crippen LogP contribution in [0.4, 0.5) is 0 Å². The first-order valence-corrected chi connectivity index (χ1v) is 6.57. The lowest BCUT2D eigenvalue weighted by atomic mass is 10.1. The maximum absolute atomic E-state index is 4.01. The third-order valence-corrected chi connectivity index (χ3v) is 2.83. The Labute approximate surface area is 116 Å². The van der Waals surface area contributed by atoms with Gasteiger partial charge in [-0.15, -0.1) is 0 Å². The molecule has 1 unspecified atom stereocenters. The van der Waals surface area contributed by atoms with E-state index in [0.717, 1.165) is 17.9 Å². The Morgan fingerprint density at radius 1 is 1.37 bits per heavy atom. The SMILES string of the molecule is C=C(N/C(C=NC)=C/C)NC(CC)c1ccccc1. The molecule has 1 aromatic carbocycles. The molecule has 1 rings (SSSR count). The van der Waals surface area contributed by atoms with E-state index in [1.807, 2.05) is 19.1 Å². The molecular weight excluding hydrogens is 234 g/mol. The number of hydrogen-bond acceptors (Lipinski definition) is 3. The minimum atomic E-state index is 0.262. The molecule has 0 aliphatic rings. The van der Waals surface area contributed by atoms with E-state index >= 15 is 0 Å². The monoisotopic (exact) mass is 257 g/mol. The van der Waals surface area contributed by atoms with Crippen LogP contribution in [-0.2, 0) is 0 Å². The second-order valence-electron chi connectivity index (χ2n) is 4.25. The van der Waals surface area contributed by atoms with Crippen molar-refractivity contribution < 1.29 is 0 Å². The van der Waals surface area contributed by atoms with E-state index in [-0.39, 0.29) is 6.04 Å². The number of aliphatic imine (C=N–C) groups is 1. The lowest BCUT2D eigenvalue weighted by Crippen LogP contribution is -2.28. The highest BCUT2D eigenvalue weighted by Crippen LogP contribution is 2.16. The molecule has 19 heavy (non-hydrogen) atoms. The zero-order valence-electron chi connectivity index (χ0n) is 12.0. The number of allylic oxidation sites excluding steroid dienone is 2. The summed E-state index contributed by atoms with van der Waals surface area (Å²) in [4.78, 5) is 3.99. The molecule has 0 fully saturated rings. The maximum atomic E-state index is 4.01. The lowest BCUT2D eigenvalue weighted by molar-refractivity contribution is 0.561. The van der Waals surface area contributed by atoms with Crippen molar-refractivity contribution in [1.29, 1.82) is 0 Å². The van der Waals surface area contributed by atoms with Crippen molar-refractivity contribution in [2.24, 2.45) is 4.99 Å². The van der Waals surface area contributed by atoms with Gasteiger partial charge in [-0.2, -0.15) is 0 Å². The summed E-state index contributed by atoms with van der Waals surface area (Å²) in [5, 5.41) is 6.61. The zero-order valence-corrected chi connectivity index (χ0v) is 12.0. The van der Waals surface area contributed by atoms with Crippen LogP contribution in [-0.4, -0.2) is 13.3 Å². The second-order valence-corrected chi connectivity index (χ2v) is 4.25. The van der Waals surface area contributed by atoms with Gasteiger partial charge in [0, 0.05) is 13.3 Å². The molecule has 0 aromatic heterocycles. The van der Waals surface area contributed by atoms with E-state index in [2.05, 4.69) is 53.4 Å². The number of nitrogens with zero attached hydrogens (tertiary/aromatic N) is 1. The predicted molar refractivity (Wildman–Crippen MR) is 83.1 cm³/mol. The lowest BCUT2D eigenvalue weighted by Gasteiger charge is -2.21. The van der Waals surface area contributed by atoms with Crippen LogP contribution in [0.15, 0.2) is 59.5 Å². The summed E-state index contributed by atoms with van der Waals surface area (Å²) in [6.07, 6.45) is 4.73. The molecule has 2 N–H and O–H groups in total. The van der Waals surface area contributed by atoms with Gasteiger partial charge in [0.2, 0.25) is 0 Å². The third-order valence-electron chi connectivity index (χ3n) is 2.83. The third kappa shape index (κ3) is 5.00. The molecule has 0 amide bonds. The summed E-state index contributed by atoms with van der Waals surface area (Å²) in [5.41, 5.74) is 2.20. The van der Waals surface area contributed by atoms with Crippen molar-refractivity contribution in [3.8, 4) is 0 Å². The number of benzene rings is 1. The Morgan fingerprint density at radius 2 is 2.05 bits per heavy atom. The van der Waals surface area contributed by atoms with Crippen LogP contribution < -0.4 is 10.6 Å². The molecule has 1 aromatic rings. The van der Waals surface area contributed by atoms with Crippen molar-refractivity contribution in [3.63, 3.8) is 0 Å². The first-order valence-electron chi connectivity index (χ1n) is 6.57. The summed E-state index contributed by atoms with van der Waals surface area (Å²) in [5.74, 6) is 0.781. The molecule has 102 valence electrons.